The van der Waals surface area contributed by atoms with Gasteiger partial charge in [0.1, 0.15) is 23.9 Å². The summed E-state index contributed by atoms with van der Waals surface area (Å²) < 4.78 is 12.8. The Kier molecular flexibility index (Phi) is 6.48. The molecule has 7 aliphatic rings. The summed E-state index contributed by atoms with van der Waals surface area (Å²) in [6.07, 6.45) is -1.43. The summed E-state index contributed by atoms with van der Waals surface area (Å²) in [7, 11) is 0. The fourth-order valence-electron chi connectivity index (χ4n) is 11.9. The normalized spacial score (nSPS) is 60.6. The summed E-state index contributed by atoms with van der Waals surface area (Å²) >= 11 is 0. The van der Waals surface area contributed by atoms with Crippen molar-refractivity contribution < 1.29 is 44.9 Å². The van der Waals surface area contributed by atoms with E-state index in [1.165, 1.54) is 0 Å². The van der Waals surface area contributed by atoms with E-state index in [2.05, 4.69) is 11.8 Å². The average molecular weight is 594 g/mol. The van der Waals surface area contributed by atoms with Crippen LogP contribution in [0.4, 0.5) is 0 Å². The second-order valence-electron chi connectivity index (χ2n) is 16.0. The third-order valence-corrected chi connectivity index (χ3v) is 14.1. The van der Waals surface area contributed by atoms with Gasteiger partial charge < -0.3 is 40.1 Å². The molecule has 10 nitrogen and oxygen atoms in total. The van der Waals surface area contributed by atoms with Gasteiger partial charge in [-0.05, 0) is 69.6 Å². The molecule has 6 N–H and O–H groups in total. The van der Waals surface area contributed by atoms with Crippen LogP contribution in [0.5, 0.6) is 0 Å². The summed E-state index contributed by atoms with van der Waals surface area (Å²) in [5, 5.41) is 72.1. The lowest BCUT2D eigenvalue weighted by Gasteiger charge is -2.64. The minimum Gasteiger partial charge on any atom is -0.459 e. The predicted molar refractivity (Wildman–Crippen MR) is 149 cm³/mol. The summed E-state index contributed by atoms with van der Waals surface area (Å²) in [6, 6.07) is -0.176. The van der Waals surface area contributed by atoms with Gasteiger partial charge in [-0.15, -0.1) is 0 Å². The fraction of sp³-hybridized carbons (Fsp3) is 0.969. The van der Waals surface area contributed by atoms with Crippen molar-refractivity contribution in [2.24, 2.45) is 46.8 Å². The van der Waals surface area contributed by atoms with Gasteiger partial charge in [0.2, 0.25) is 0 Å². The maximum absolute atomic E-state index is 13.3. The lowest BCUT2D eigenvalue weighted by Crippen LogP contribution is -2.77. The lowest BCUT2D eigenvalue weighted by molar-refractivity contribution is -0.297. The van der Waals surface area contributed by atoms with Crippen molar-refractivity contribution in [2.45, 2.75) is 133 Å². The van der Waals surface area contributed by atoms with E-state index in [9.17, 15) is 35.4 Å². The Balaban J connectivity index is 1.38. The van der Waals surface area contributed by atoms with Crippen LogP contribution in [0.3, 0.4) is 0 Å². The van der Waals surface area contributed by atoms with Gasteiger partial charge in [0.25, 0.3) is 0 Å². The van der Waals surface area contributed by atoms with Crippen LogP contribution in [0.25, 0.3) is 0 Å². The highest BCUT2D eigenvalue weighted by atomic mass is 16.7. The molecule has 17 atom stereocenters. The van der Waals surface area contributed by atoms with Crippen LogP contribution in [0.1, 0.15) is 79.6 Å². The Hall–Kier alpha value is -0.850. The van der Waals surface area contributed by atoms with E-state index in [0.717, 1.165) is 19.4 Å². The molecule has 7 fully saturated rings. The van der Waals surface area contributed by atoms with Crippen molar-refractivity contribution in [1.29, 1.82) is 0 Å². The van der Waals surface area contributed by atoms with Crippen LogP contribution in [0.15, 0.2) is 0 Å². The number of aliphatic hydroxyl groups excluding tert-OH is 3. The molecule has 0 aromatic rings. The van der Waals surface area contributed by atoms with Crippen LogP contribution in [-0.4, -0.2) is 108 Å². The molecule has 4 aliphatic carbocycles. The average Bonchev–Trinajstić information content (AvgIpc) is 3.21. The van der Waals surface area contributed by atoms with E-state index >= 15 is 0 Å². The Morgan fingerprint density at radius 2 is 1.81 bits per heavy atom. The van der Waals surface area contributed by atoms with Gasteiger partial charge in [0, 0.05) is 42.3 Å². The predicted octanol–water partition coefficient (Wildman–Crippen LogP) is 0.783. The van der Waals surface area contributed by atoms with Gasteiger partial charge in [-0.3, -0.25) is 9.69 Å². The number of fused-ring (bicyclic) bond motifs is 5. The molecule has 3 aliphatic heterocycles. The Labute approximate surface area is 248 Å². The highest BCUT2D eigenvalue weighted by Crippen LogP contribution is 2.77. The van der Waals surface area contributed by atoms with Gasteiger partial charge >= 0.3 is 5.97 Å². The highest BCUT2D eigenvalue weighted by Gasteiger charge is 2.86. The Morgan fingerprint density at radius 1 is 1.10 bits per heavy atom. The third kappa shape index (κ3) is 3.36. The molecule has 0 amide bonds. The van der Waals surface area contributed by atoms with E-state index in [4.69, 9.17) is 9.47 Å². The van der Waals surface area contributed by atoms with Gasteiger partial charge in [-0.2, -0.15) is 0 Å². The van der Waals surface area contributed by atoms with E-state index in [-0.39, 0.29) is 24.8 Å². The molecule has 3 saturated heterocycles. The van der Waals surface area contributed by atoms with Crippen LogP contribution in [-0.2, 0) is 14.3 Å². The van der Waals surface area contributed by atoms with Gasteiger partial charge in [-0.1, -0.05) is 27.7 Å². The van der Waals surface area contributed by atoms with Crippen molar-refractivity contribution in [3.05, 3.63) is 0 Å². The van der Waals surface area contributed by atoms with Gasteiger partial charge in [-0.25, -0.2) is 0 Å². The number of aliphatic hydroxyl groups is 6. The topological polar surface area (TPSA) is 160 Å². The van der Waals surface area contributed by atoms with E-state index in [1.807, 2.05) is 13.8 Å². The van der Waals surface area contributed by atoms with Gasteiger partial charge in [0.15, 0.2) is 5.79 Å². The van der Waals surface area contributed by atoms with Gasteiger partial charge in [0.05, 0.1) is 23.2 Å². The lowest BCUT2D eigenvalue weighted by atomic mass is 9.49. The molecule has 4 bridgehead atoms. The van der Waals surface area contributed by atoms with E-state index in [0.29, 0.717) is 31.7 Å². The Morgan fingerprint density at radius 3 is 2.50 bits per heavy atom. The highest BCUT2D eigenvalue weighted by molar-refractivity contribution is 5.72. The van der Waals surface area contributed by atoms with Crippen molar-refractivity contribution in [3.63, 3.8) is 0 Å². The molecule has 1 spiro atoms. The fourth-order valence-corrected chi connectivity index (χ4v) is 11.9. The number of hydrogen-bond donors (Lipinski definition) is 6. The summed E-state index contributed by atoms with van der Waals surface area (Å²) in [5.74, 6) is -5.44. The van der Waals surface area contributed by atoms with Crippen LogP contribution in [0, 0.1) is 46.8 Å². The van der Waals surface area contributed by atoms with Crippen molar-refractivity contribution in [1.82, 2.24) is 4.90 Å². The van der Waals surface area contributed by atoms with Crippen molar-refractivity contribution >= 4 is 5.97 Å². The molecule has 42 heavy (non-hydrogen) atoms. The smallest absolute Gasteiger partial charge is 0.309 e. The van der Waals surface area contributed by atoms with E-state index in [1.54, 1.807) is 13.8 Å². The molecule has 0 aromatic heterocycles. The minimum atomic E-state index is -1.90. The summed E-state index contributed by atoms with van der Waals surface area (Å²) in [5.41, 5.74) is -5.09. The number of rotatable bonds is 3. The third-order valence-electron chi connectivity index (χ3n) is 14.1. The maximum Gasteiger partial charge on any atom is 0.309 e. The zero-order chi connectivity index (χ0) is 30.4. The number of piperidine rings is 2. The number of carbonyl (C=O) groups is 1. The zero-order valence-electron chi connectivity index (χ0n) is 25.6. The Bertz CT molecular complexity index is 1140. The van der Waals surface area contributed by atoms with E-state index < -0.39 is 88.0 Å². The number of nitrogens with zero attached hydrogens (tertiary/aromatic N) is 1. The number of esters is 1. The second-order valence-corrected chi connectivity index (χ2v) is 16.0. The largest absolute Gasteiger partial charge is 0.459 e. The maximum atomic E-state index is 13.3. The molecule has 238 valence electrons. The molecule has 3 heterocycles. The zero-order valence-corrected chi connectivity index (χ0v) is 25.6. The first-order valence-corrected chi connectivity index (χ1v) is 16.4. The minimum absolute atomic E-state index is 0.118. The first-order valence-electron chi connectivity index (χ1n) is 16.4. The molecule has 4 saturated carbocycles. The number of carbonyl (C=O) groups excluding carboxylic acids is 1. The molecule has 0 radical (unpaired) electrons. The molecular formula is C32H51NO9. The first kappa shape index (κ1) is 29.8. The summed E-state index contributed by atoms with van der Waals surface area (Å²) in [4.78, 5) is 15.6. The summed E-state index contributed by atoms with van der Waals surface area (Å²) in [6.45, 7) is 11.0. The van der Waals surface area contributed by atoms with Crippen LogP contribution >= 0.6 is 0 Å². The molecule has 7 rings (SSSR count). The second kappa shape index (κ2) is 9.12. The monoisotopic (exact) mass is 593 g/mol. The molecule has 17 unspecified atom stereocenters. The molecule has 0 aromatic carbocycles. The SMILES string of the molecule is CCC(C)C(=O)OC1C2C(CN3CC(C)CCC3C2(C)O)C2CC34OC5(O)C(O)CCC3(C)C5CC(O)C4C2(O)C1O. The number of hydrogen-bond acceptors (Lipinski definition) is 10. The van der Waals surface area contributed by atoms with Crippen molar-refractivity contribution in [3.8, 4) is 0 Å². The molecular weight excluding hydrogens is 542 g/mol. The molecule has 10 heteroatoms. The first-order chi connectivity index (χ1) is 19.6. The standard InChI is InChI=1S/C32H51NO9/c1-6-16(3)27(37)41-24-23-17(14-33-13-15(2)7-8-21(33)29(23,5)38)18-12-30-25(31(18,39)26(24)36)19(34)11-20-28(30,4)10-9-22(35)32(20,40)42-30/h15-26,34-36,38-40H,6-14H2,1-5H3. The quantitative estimate of drug-likeness (QED) is 0.258. The van der Waals surface area contributed by atoms with Crippen molar-refractivity contribution in [2.75, 3.05) is 13.1 Å². The van der Waals surface area contributed by atoms with Crippen LogP contribution in [0.2, 0.25) is 0 Å². The van der Waals surface area contributed by atoms with Crippen LogP contribution < -0.4 is 0 Å². The number of ether oxygens (including phenoxy) is 2.